The molecular weight excluding hydrogens is 322 g/mol. The molecule has 0 bridgehead atoms. The summed E-state index contributed by atoms with van der Waals surface area (Å²) in [6, 6.07) is 0.177. The second-order valence-electron chi connectivity index (χ2n) is 7.56. The van der Waals surface area contributed by atoms with E-state index < -0.39 is 0 Å². The van der Waals surface area contributed by atoms with Gasteiger partial charge in [0.05, 0.1) is 35.7 Å². The number of aromatic nitrogens is 2. The number of aryl methyl sites for hydroxylation is 1. The molecular formula is C18H27N3O2S. The van der Waals surface area contributed by atoms with Crippen LogP contribution >= 0.6 is 11.3 Å². The van der Waals surface area contributed by atoms with Crippen molar-refractivity contribution < 1.29 is 9.15 Å². The van der Waals surface area contributed by atoms with Crippen LogP contribution in [0.3, 0.4) is 0 Å². The van der Waals surface area contributed by atoms with E-state index in [-0.39, 0.29) is 17.6 Å². The SMILES string of the molecule is Cc1nc(COC2CCN(C(C)c3ncc(C(C)(C)C)o3)C2)cs1. The Hall–Kier alpha value is -1.24. The fraction of sp³-hybridized carbons (Fsp3) is 0.667. The summed E-state index contributed by atoms with van der Waals surface area (Å²) in [5.74, 6) is 1.74. The zero-order valence-electron chi connectivity index (χ0n) is 15.2. The van der Waals surface area contributed by atoms with Crippen molar-refractivity contribution in [2.45, 2.75) is 65.2 Å². The summed E-state index contributed by atoms with van der Waals surface area (Å²) in [5.41, 5.74) is 1.03. The predicted octanol–water partition coefficient (Wildman–Crippen LogP) is 4.09. The van der Waals surface area contributed by atoms with E-state index in [1.165, 1.54) is 0 Å². The molecule has 0 radical (unpaired) electrons. The molecule has 2 unspecified atom stereocenters. The molecule has 2 atom stereocenters. The molecule has 2 aromatic rings. The molecule has 1 aliphatic rings. The Morgan fingerprint density at radius 2 is 2.25 bits per heavy atom. The van der Waals surface area contributed by atoms with Crippen LogP contribution in [0.2, 0.25) is 0 Å². The van der Waals surface area contributed by atoms with Gasteiger partial charge in [-0.3, -0.25) is 4.90 Å². The van der Waals surface area contributed by atoms with E-state index in [0.29, 0.717) is 6.61 Å². The molecule has 0 spiro atoms. The van der Waals surface area contributed by atoms with Crippen molar-refractivity contribution in [3.8, 4) is 0 Å². The second-order valence-corrected chi connectivity index (χ2v) is 8.63. The van der Waals surface area contributed by atoms with Crippen molar-refractivity contribution in [3.63, 3.8) is 0 Å². The number of hydrogen-bond acceptors (Lipinski definition) is 6. The Labute approximate surface area is 148 Å². The molecule has 1 saturated heterocycles. The van der Waals surface area contributed by atoms with E-state index in [1.54, 1.807) is 11.3 Å². The fourth-order valence-electron chi connectivity index (χ4n) is 2.90. The highest BCUT2D eigenvalue weighted by Gasteiger charge is 2.30. The average Bonchev–Trinajstić information content (AvgIpc) is 3.24. The molecule has 2 aromatic heterocycles. The lowest BCUT2D eigenvalue weighted by atomic mass is 9.94. The monoisotopic (exact) mass is 349 g/mol. The smallest absolute Gasteiger partial charge is 0.211 e. The third kappa shape index (κ3) is 4.05. The summed E-state index contributed by atoms with van der Waals surface area (Å²) in [4.78, 5) is 11.3. The van der Waals surface area contributed by atoms with Crippen molar-refractivity contribution >= 4 is 11.3 Å². The molecule has 0 saturated carbocycles. The number of hydrogen-bond donors (Lipinski definition) is 0. The zero-order valence-corrected chi connectivity index (χ0v) is 16.0. The summed E-state index contributed by atoms with van der Waals surface area (Å²) in [5, 5.41) is 3.17. The number of rotatable bonds is 5. The van der Waals surface area contributed by atoms with E-state index >= 15 is 0 Å². The summed E-state index contributed by atoms with van der Waals surface area (Å²) < 4.78 is 12.0. The lowest BCUT2D eigenvalue weighted by Gasteiger charge is -2.22. The topological polar surface area (TPSA) is 51.4 Å². The van der Waals surface area contributed by atoms with Gasteiger partial charge in [0.25, 0.3) is 0 Å². The van der Waals surface area contributed by atoms with E-state index in [9.17, 15) is 0 Å². The Balaban J connectivity index is 1.54. The van der Waals surface area contributed by atoms with Crippen LogP contribution in [0, 0.1) is 6.92 Å². The van der Waals surface area contributed by atoms with Crippen molar-refractivity contribution in [2.24, 2.45) is 0 Å². The minimum Gasteiger partial charge on any atom is -0.443 e. The maximum Gasteiger partial charge on any atom is 0.211 e. The molecule has 3 heterocycles. The van der Waals surface area contributed by atoms with Gasteiger partial charge in [-0.05, 0) is 20.3 Å². The summed E-state index contributed by atoms with van der Waals surface area (Å²) >= 11 is 1.67. The van der Waals surface area contributed by atoms with Crippen molar-refractivity contribution in [3.05, 3.63) is 33.9 Å². The third-order valence-electron chi connectivity index (χ3n) is 4.48. The van der Waals surface area contributed by atoms with E-state index in [4.69, 9.17) is 9.15 Å². The predicted molar refractivity (Wildman–Crippen MR) is 95.2 cm³/mol. The van der Waals surface area contributed by atoms with E-state index in [2.05, 4.69) is 47.9 Å². The average molecular weight is 350 g/mol. The molecule has 1 fully saturated rings. The molecule has 0 aliphatic carbocycles. The Morgan fingerprint density at radius 3 is 2.88 bits per heavy atom. The van der Waals surface area contributed by atoms with E-state index in [0.717, 1.165) is 41.9 Å². The normalized spacial score (nSPS) is 20.6. The first-order chi connectivity index (χ1) is 11.3. The summed E-state index contributed by atoms with van der Waals surface area (Å²) in [6.45, 7) is 13.1. The highest BCUT2D eigenvalue weighted by Crippen LogP contribution is 2.29. The number of thiazole rings is 1. The van der Waals surface area contributed by atoms with Gasteiger partial charge in [0, 0.05) is 23.9 Å². The Bertz CT molecular complexity index is 674. The third-order valence-corrected chi connectivity index (χ3v) is 5.30. The lowest BCUT2D eigenvalue weighted by molar-refractivity contribution is 0.0409. The van der Waals surface area contributed by atoms with Crippen LogP contribution in [-0.4, -0.2) is 34.1 Å². The van der Waals surface area contributed by atoms with E-state index in [1.807, 2.05) is 13.1 Å². The molecule has 3 rings (SSSR count). The number of nitrogens with zero attached hydrogens (tertiary/aromatic N) is 3. The molecule has 6 heteroatoms. The maximum atomic E-state index is 6.03. The standard InChI is InChI=1S/C18H27N3O2S/c1-12(17-19-8-16(23-17)18(3,4)5)21-7-6-15(9-21)22-10-14-11-24-13(2)20-14/h8,11-12,15H,6-7,9-10H2,1-5H3. The van der Waals surface area contributed by atoms with Crippen molar-refractivity contribution in [1.82, 2.24) is 14.9 Å². The zero-order chi connectivity index (χ0) is 17.3. The minimum absolute atomic E-state index is 0.00666. The van der Waals surface area contributed by atoms with Crippen molar-refractivity contribution in [2.75, 3.05) is 13.1 Å². The molecule has 0 aromatic carbocycles. The van der Waals surface area contributed by atoms with Gasteiger partial charge in [-0.15, -0.1) is 11.3 Å². The summed E-state index contributed by atoms with van der Waals surface area (Å²) in [7, 11) is 0. The van der Waals surface area contributed by atoms with Gasteiger partial charge in [0.15, 0.2) is 0 Å². The minimum atomic E-state index is -0.00666. The van der Waals surface area contributed by atoms with Crippen LogP contribution < -0.4 is 0 Å². The van der Waals surface area contributed by atoms with Crippen LogP contribution in [-0.2, 0) is 16.8 Å². The highest BCUT2D eigenvalue weighted by atomic mass is 32.1. The molecule has 132 valence electrons. The first-order valence-corrected chi connectivity index (χ1v) is 9.44. The van der Waals surface area contributed by atoms with Gasteiger partial charge in [0.2, 0.25) is 5.89 Å². The van der Waals surface area contributed by atoms with Gasteiger partial charge < -0.3 is 9.15 Å². The van der Waals surface area contributed by atoms with Crippen molar-refractivity contribution in [1.29, 1.82) is 0 Å². The second kappa shape index (κ2) is 6.94. The Morgan fingerprint density at radius 1 is 1.46 bits per heavy atom. The fourth-order valence-corrected chi connectivity index (χ4v) is 3.50. The maximum absolute atomic E-state index is 6.03. The molecule has 5 nitrogen and oxygen atoms in total. The van der Waals surface area contributed by atoms with Gasteiger partial charge in [-0.1, -0.05) is 20.8 Å². The number of oxazole rings is 1. The van der Waals surface area contributed by atoms with Crippen LogP contribution in [0.5, 0.6) is 0 Å². The van der Waals surface area contributed by atoms with Gasteiger partial charge in [-0.2, -0.15) is 0 Å². The highest BCUT2D eigenvalue weighted by molar-refractivity contribution is 7.09. The van der Waals surface area contributed by atoms with Crippen LogP contribution in [0.25, 0.3) is 0 Å². The van der Waals surface area contributed by atoms with Crippen LogP contribution in [0.1, 0.15) is 62.5 Å². The molecule has 0 amide bonds. The molecule has 1 aliphatic heterocycles. The van der Waals surface area contributed by atoms with Crippen LogP contribution in [0.4, 0.5) is 0 Å². The largest absolute Gasteiger partial charge is 0.443 e. The quantitative estimate of drug-likeness (QED) is 0.814. The summed E-state index contributed by atoms with van der Waals surface area (Å²) in [6.07, 6.45) is 3.16. The Kier molecular flexibility index (Phi) is 5.08. The van der Waals surface area contributed by atoms with Crippen LogP contribution in [0.15, 0.2) is 16.0 Å². The van der Waals surface area contributed by atoms with Gasteiger partial charge in [-0.25, -0.2) is 9.97 Å². The molecule has 0 N–H and O–H groups in total. The number of likely N-dealkylation sites (tertiary alicyclic amines) is 1. The lowest BCUT2D eigenvalue weighted by Crippen LogP contribution is -2.26. The first-order valence-electron chi connectivity index (χ1n) is 8.56. The molecule has 24 heavy (non-hydrogen) atoms. The number of ether oxygens (including phenoxy) is 1. The van der Waals surface area contributed by atoms with Gasteiger partial charge in [0.1, 0.15) is 5.76 Å². The first kappa shape index (κ1) is 17.6. The van der Waals surface area contributed by atoms with Gasteiger partial charge >= 0.3 is 0 Å².